The van der Waals surface area contributed by atoms with Gasteiger partial charge in [-0.2, -0.15) is 0 Å². The van der Waals surface area contributed by atoms with E-state index in [0.717, 1.165) is 28.9 Å². The Bertz CT molecular complexity index is 1010. The van der Waals surface area contributed by atoms with Crippen molar-refractivity contribution in [1.82, 2.24) is 5.32 Å². The number of hydrogen-bond acceptors (Lipinski definition) is 3. The van der Waals surface area contributed by atoms with E-state index in [1.54, 1.807) is 6.07 Å². The standard InChI is InChI=1S/C25H28N2O2S/c1-15-6-4-8-18(12-15)13-23-25(29)27-21-14-19(10-11-22(21)30-23)24(28)26-20-9-5-7-16(2)17(20)3/h4,6,8,10-14,16-17,20H,5,7,9H2,1-3H3,(H,26,28)(H,27,29). The molecule has 1 aliphatic heterocycles. The van der Waals surface area contributed by atoms with Crippen LogP contribution in [0.3, 0.4) is 0 Å². The van der Waals surface area contributed by atoms with Gasteiger partial charge >= 0.3 is 0 Å². The number of hydrogen-bond donors (Lipinski definition) is 2. The average molecular weight is 421 g/mol. The van der Waals surface area contributed by atoms with Crippen molar-refractivity contribution in [2.24, 2.45) is 11.8 Å². The SMILES string of the molecule is Cc1cccc(C=C2Sc3ccc(C(=O)NC4CCCC(C)C4C)cc3NC2=O)c1. The Hall–Kier alpha value is -2.53. The molecule has 3 atom stereocenters. The minimum Gasteiger partial charge on any atom is -0.349 e. The number of thioether (sulfide) groups is 1. The number of nitrogens with one attached hydrogen (secondary N) is 2. The van der Waals surface area contributed by atoms with Gasteiger partial charge in [0.25, 0.3) is 11.8 Å². The van der Waals surface area contributed by atoms with Gasteiger partial charge in [0.15, 0.2) is 0 Å². The Morgan fingerprint density at radius 2 is 2.00 bits per heavy atom. The maximum absolute atomic E-state index is 12.8. The summed E-state index contributed by atoms with van der Waals surface area (Å²) in [5, 5.41) is 6.16. The summed E-state index contributed by atoms with van der Waals surface area (Å²) in [7, 11) is 0. The van der Waals surface area contributed by atoms with E-state index in [0.29, 0.717) is 28.0 Å². The molecule has 156 valence electrons. The Morgan fingerprint density at radius 1 is 1.17 bits per heavy atom. The van der Waals surface area contributed by atoms with Gasteiger partial charge in [-0.25, -0.2) is 0 Å². The number of anilines is 1. The van der Waals surface area contributed by atoms with Gasteiger partial charge in [-0.15, -0.1) is 0 Å². The van der Waals surface area contributed by atoms with Gasteiger partial charge in [0.1, 0.15) is 0 Å². The van der Waals surface area contributed by atoms with Crippen LogP contribution in [0.25, 0.3) is 6.08 Å². The fourth-order valence-electron chi connectivity index (χ4n) is 4.25. The van der Waals surface area contributed by atoms with Gasteiger partial charge in [-0.05, 0) is 55.0 Å². The molecule has 2 N–H and O–H groups in total. The lowest BCUT2D eigenvalue weighted by Gasteiger charge is -2.34. The van der Waals surface area contributed by atoms with E-state index in [9.17, 15) is 9.59 Å². The van der Waals surface area contributed by atoms with E-state index in [4.69, 9.17) is 0 Å². The number of fused-ring (bicyclic) bond motifs is 1. The third kappa shape index (κ3) is 4.46. The molecule has 0 aromatic heterocycles. The van der Waals surface area contributed by atoms with Crippen LogP contribution in [-0.2, 0) is 4.79 Å². The van der Waals surface area contributed by atoms with Crippen molar-refractivity contribution in [2.45, 2.75) is 51.0 Å². The summed E-state index contributed by atoms with van der Waals surface area (Å²) in [6, 6.07) is 13.8. The number of aryl methyl sites for hydroxylation is 1. The molecule has 1 saturated carbocycles. The smallest absolute Gasteiger partial charge is 0.262 e. The number of benzene rings is 2. The molecule has 5 heteroatoms. The molecule has 0 radical (unpaired) electrons. The van der Waals surface area contributed by atoms with E-state index in [1.165, 1.54) is 18.2 Å². The summed E-state index contributed by atoms with van der Waals surface area (Å²) in [4.78, 5) is 27.0. The minimum absolute atomic E-state index is 0.0656. The molecule has 2 amide bonds. The summed E-state index contributed by atoms with van der Waals surface area (Å²) < 4.78 is 0. The normalized spacial score (nSPS) is 24.8. The summed E-state index contributed by atoms with van der Waals surface area (Å²) in [5.41, 5.74) is 3.45. The van der Waals surface area contributed by atoms with Gasteiger partial charge < -0.3 is 10.6 Å². The van der Waals surface area contributed by atoms with Crippen LogP contribution in [0.5, 0.6) is 0 Å². The van der Waals surface area contributed by atoms with Crippen LogP contribution in [0.1, 0.15) is 54.6 Å². The van der Waals surface area contributed by atoms with Crippen LogP contribution in [-0.4, -0.2) is 17.9 Å². The summed E-state index contributed by atoms with van der Waals surface area (Å²) in [5.74, 6) is 0.900. The van der Waals surface area contributed by atoms with E-state index in [2.05, 4.69) is 30.5 Å². The first-order chi connectivity index (χ1) is 14.4. The highest BCUT2D eigenvalue weighted by atomic mass is 32.2. The Labute approximate surface area is 182 Å². The molecule has 4 rings (SSSR count). The Kier molecular flexibility index (Phi) is 6.00. The Balaban J connectivity index is 1.50. The van der Waals surface area contributed by atoms with Gasteiger partial charge in [0, 0.05) is 16.5 Å². The predicted octanol–water partition coefficient (Wildman–Crippen LogP) is 5.63. The maximum atomic E-state index is 12.8. The molecule has 30 heavy (non-hydrogen) atoms. The highest BCUT2D eigenvalue weighted by Gasteiger charge is 2.29. The molecular weight excluding hydrogens is 392 g/mol. The first kappa shape index (κ1) is 20.7. The molecule has 0 bridgehead atoms. The quantitative estimate of drug-likeness (QED) is 0.632. The highest BCUT2D eigenvalue weighted by molar-refractivity contribution is 8.04. The van der Waals surface area contributed by atoms with Gasteiger partial charge in [-0.1, -0.05) is 68.3 Å². The zero-order valence-corrected chi connectivity index (χ0v) is 18.5. The van der Waals surface area contributed by atoms with Gasteiger partial charge in [-0.3, -0.25) is 9.59 Å². The molecule has 1 aliphatic carbocycles. The number of carbonyl (C=O) groups is 2. The third-order valence-corrected chi connectivity index (χ3v) is 7.40. The van der Waals surface area contributed by atoms with Crippen LogP contribution in [0.15, 0.2) is 52.3 Å². The zero-order chi connectivity index (χ0) is 21.3. The lowest BCUT2D eigenvalue weighted by Crippen LogP contribution is -2.43. The second kappa shape index (κ2) is 8.68. The summed E-state index contributed by atoms with van der Waals surface area (Å²) >= 11 is 1.44. The molecule has 2 aromatic rings. The van der Waals surface area contributed by atoms with Crippen LogP contribution >= 0.6 is 11.8 Å². The second-order valence-corrected chi connectivity index (χ2v) is 9.62. The maximum Gasteiger partial charge on any atom is 0.262 e. The first-order valence-corrected chi connectivity index (χ1v) is 11.4. The van der Waals surface area contributed by atoms with E-state index < -0.39 is 0 Å². The molecule has 0 saturated heterocycles. The fraction of sp³-hybridized carbons (Fsp3) is 0.360. The number of carbonyl (C=O) groups excluding carboxylic acids is 2. The zero-order valence-electron chi connectivity index (χ0n) is 17.7. The van der Waals surface area contributed by atoms with Crippen molar-refractivity contribution in [2.75, 3.05) is 5.32 Å². The number of amides is 2. The fourth-order valence-corrected chi connectivity index (χ4v) is 5.18. The van der Waals surface area contributed by atoms with Crippen LogP contribution in [0.2, 0.25) is 0 Å². The third-order valence-electron chi connectivity index (χ3n) is 6.30. The molecule has 4 nitrogen and oxygen atoms in total. The molecule has 2 aliphatic rings. The summed E-state index contributed by atoms with van der Waals surface area (Å²) in [6.45, 7) is 6.52. The van der Waals surface area contributed by atoms with Crippen molar-refractivity contribution >= 4 is 35.3 Å². The second-order valence-electron chi connectivity index (χ2n) is 8.54. The van der Waals surface area contributed by atoms with Gasteiger partial charge in [0.2, 0.25) is 0 Å². The van der Waals surface area contributed by atoms with Crippen molar-refractivity contribution < 1.29 is 9.59 Å². The van der Waals surface area contributed by atoms with Gasteiger partial charge in [0.05, 0.1) is 10.6 Å². The lowest BCUT2D eigenvalue weighted by molar-refractivity contribution is -0.112. The molecule has 1 fully saturated rings. The molecule has 3 unspecified atom stereocenters. The van der Waals surface area contributed by atoms with Crippen LogP contribution in [0, 0.1) is 18.8 Å². The molecule has 0 spiro atoms. The van der Waals surface area contributed by atoms with E-state index in [-0.39, 0.29) is 17.9 Å². The Morgan fingerprint density at radius 3 is 2.80 bits per heavy atom. The molecule has 2 aromatic carbocycles. The van der Waals surface area contributed by atoms with Crippen molar-refractivity contribution in [3.63, 3.8) is 0 Å². The summed E-state index contributed by atoms with van der Waals surface area (Å²) in [6.07, 6.45) is 5.32. The molecule has 1 heterocycles. The average Bonchev–Trinajstić information content (AvgIpc) is 2.71. The minimum atomic E-state index is -0.138. The van der Waals surface area contributed by atoms with E-state index >= 15 is 0 Å². The first-order valence-electron chi connectivity index (χ1n) is 10.6. The topological polar surface area (TPSA) is 58.2 Å². The van der Waals surface area contributed by atoms with Crippen molar-refractivity contribution in [1.29, 1.82) is 0 Å². The highest BCUT2D eigenvalue weighted by Crippen LogP contribution is 2.39. The van der Waals surface area contributed by atoms with E-state index in [1.807, 2.05) is 43.3 Å². The lowest BCUT2D eigenvalue weighted by atomic mass is 9.78. The molecular formula is C25H28N2O2S. The predicted molar refractivity (Wildman–Crippen MR) is 124 cm³/mol. The monoisotopic (exact) mass is 420 g/mol. The largest absolute Gasteiger partial charge is 0.349 e. The van der Waals surface area contributed by atoms with Crippen LogP contribution < -0.4 is 10.6 Å². The van der Waals surface area contributed by atoms with Crippen LogP contribution in [0.4, 0.5) is 5.69 Å². The van der Waals surface area contributed by atoms with Crippen molar-refractivity contribution in [3.8, 4) is 0 Å². The van der Waals surface area contributed by atoms with Crippen molar-refractivity contribution in [3.05, 3.63) is 64.1 Å². The number of rotatable bonds is 3.